The molecule has 1 atom stereocenters. The minimum Gasteiger partial charge on any atom is -0.313 e. The molecule has 0 heterocycles. The van der Waals surface area contributed by atoms with E-state index in [0.717, 1.165) is 12.5 Å². The Morgan fingerprint density at radius 1 is 1.25 bits per heavy atom. The fourth-order valence-corrected chi connectivity index (χ4v) is 3.43. The van der Waals surface area contributed by atoms with Gasteiger partial charge in [0.15, 0.2) is 9.84 Å². The van der Waals surface area contributed by atoms with Gasteiger partial charge in [0, 0.05) is 11.8 Å². The molecule has 4 heteroatoms. The van der Waals surface area contributed by atoms with Gasteiger partial charge in [-0.05, 0) is 32.2 Å². The molecule has 16 heavy (non-hydrogen) atoms. The van der Waals surface area contributed by atoms with Crippen molar-refractivity contribution in [2.75, 3.05) is 18.1 Å². The summed E-state index contributed by atoms with van der Waals surface area (Å²) < 4.78 is 22.8. The van der Waals surface area contributed by atoms with Crippen molar-refractivity contribution in [3.05, 3.63) is 0 Å². The molecule has 0 aromatic carbocycles. The minimum atomic E-state index is -2.83. The van der Waals surface area contributed by atoms with Gasteiger partial charge in [0.1, 0.15) is 0 Å². The van der Waals surface area contributed by atoms with Crippen molar-refractivity contribution >= 4 is 9.84 Å². The molecule has 0 aliphatic heterocycles. The quantitative estimate of drug-likeness (QED) is 0.780. The zero-order chi connectivity index (χ0) is 12.0. The Balaban J connectivity index is 2.21. The van der Waals surface area contributed by atoms with Crippen molar-refractivity contribution in [3.63, 3.8) is 0 Å². The van der Waals surface area contributed by atoms with Crippen LogP contribution in [0.15, 0.2) is 0 Å². The van der Waals surface area contributed by atoms with Gasteiger partial charge < -0.3 is 5.32 Å². The number of hydrogen-bond donors (Lipinski definition) is 1. The van der Waals surface area contributed by atoms with Gasteiger partial charge >= 0.3 is 0 Å². The Hall–Kier alpha value is -0.0900. The molecule has 1 fully saturated rings. The summed E-state index contributed by atoms with van der Waals surface area (Å²) in [6, 6.07) is 0.0897. The van der Waals surface area contributed by atoms with E-state index in [1.165, 1.54) is 32.1 Å². The van der Waals surface area contributed by atoms with Crippen LogP contribution in [0.1, 0.15) is 46.0 Å². The van der Waals surface area contributed by atoms with Crippen LogP contribution in [-0.4, -0.2) is 32.5 Å². The van der Waals surface area contributed by atoms with Crippen LogP contribution in [0.25, 0.3) is 0 Å². The van der Waals surface area contributed by atoms with Gasteiger partial charge in [-0.1, -0.05) is 26.2 Å². The van der Waals surface area contributed by atoms with Gasteiger partial charge in [0.2, 0.25) is 0 Å². The first-order chi connectivity index (χ1) is 7.53. The molecule has 0 spiro atoms. The molecule has 1 saturated carbocycles. The van der Waals surface area contributed by atoms with Crippen LogP contribution in [0.3, 0.4) is 0 Å². The standard InChI is InChI=1S/C12H25NO2S/c1-3-16(14,15)10-11(2)13-9-12-7-5-4-6-8-12/h11-13H,3-10H2,1-2H3/t11-/m1/s1. The lowest BCUT2D eigenvalue weighted by Crippen LogP contribution is -2.37. The first-order valence-electron chi connectivity index (χ1n) is 6.47. The molecule has 0 saturated heterocycles. The predicted molar refractivity (Wildman–Crippen MR) is 68.4 cm³/mol. The van der Waals surface area contributed by atoms with Crippen molar-refractivity contribution in [3.8, 4) is 0 Å². The van der Waals surface area contributed by atoms with Crippen molar-refractivity contribution < 1.29 is 8.42 Å². The average Bonchev–Trinajstić information content (AvgIpc) is 2.27. The highest BCUT2D eigenvalue weighted by molar-refractivity contribution is 7.91. The molecule has 1 rings (SSSR count). The lowest BCUT2D eigenvalue weighted by atomic mass is 9.89. The van der Waals surface area contributed by atoms with Crippen molar-refractivity contribution in [2.24, 2.45) is 5.92 Å². The third-order valence-corrected chi connectivity index (χ3v) is 5.31. The van der Waals surface area contributed by atoms with Crippen molar-refractivity contribution in [2.45, 2.75) is 52.0 Å². The van der Waals surface area contributed by atoms with Crippen LogP contribution in [0.2, 0.25) is 0 Å². The maximum atomic E-state index is 11.4. The third kappa shape index (κ3) is 5.30. The van der Waals surface area contributed by atoms with Crippen LogP contribution in [0.4, 0.5) is 0 Å². The average molecular weight is 247 g/mol. The molecule has 0 bridgehead atoms. The first kappa shape index (κ1) is 14.0. The number of hydrogen-bond acceptors (Lipinski definition) is 3. The summed E-state index contributed by atoms with van der Waals surface area (Å²) >= 11 is 0. The lowest BCUT2D eigenvalue weighted by Gasteiger charge is -2.23. The lowest BCUT2D eigenvalue weighted by molar-refractivity contribution is 0.334. The topological polar surface area (TPSA) is 46.2 Å². The van der Waals surface area contributed by atoms with E-state index in [0.29, 0.717) is 0 Å². The molecule has 0 radical (unpaired) electrons. The summed E-state index contributed by atoms with van der Waals surface area (Å²) in [7, 11) is -2.83. The van der Waals surface area contributed by atoms with Crippen molar-refractivity contribution in [1.82, 2.24) is 5.32 Å². The highest BCUT2D eigenvalue weighted by Crippen LogP contribution is 2.22. The van der Waals surface area contributed by atoms with E-state index >= 15 is 0 Å². The van der Waals surface area contributed by atoms with E-state index in [4.69, 9.17) is 0 Å². The SMILES string of the molecule is CCS(=O)(=O)C[C@@H](C)NCC1CCCCC1. The molecule has 1 aliphatic carbocycles. The van der Waals surface area contributed by atoms with Crippen LogP contribution >= 0.6 is 0 Å². The van der Waals surface area contributed by atoms with Crippen molar-refractivity contribution in [1.29, 1.82) is 0 Å². The molecule has 1 aliphatic rings. The second-order valence-electron chi connectivity index (χ2n) is 5.01. The summed E-state index contributed by atoms with van der Waals surface area (Å²) in [6.45, 7) is 4.67. The maximum absolute atomic E-state index is 11.4. The van der Waals surface area contributed by atoms with Crippen LogP contribution in [-0.2, 0) is 9.84 Å². The molecule has 0 aromatic rings. The molecule has 0 aromatic heterocycles. The second-order valence-corrected chi connectivity index (χ2v) is 7.41. The monoisotopic (exact) mass is 247 g/mol. The van der Waals surface area contributed by atoms with E-state index in [-0.39, 0.29) is 17.5 Å². The summed E-state index contributed by atoms with van der Waals surface area (Å²) in [5, 5.41) is 3.36. The van der Waals surface area contributed by atoms with E-state index in [1.807, 2.05) is 6.92 Å². The molecule has 96 valence electrons. The second kappa shape index (κ2) is 6.60. The van der Waals surface area contributed by atoms with Gasteiger partial charge in [-0.2, -0.15) is 0 Å². The zero-order valence-corrected chi connectivity index (χ0v) is 11.4. The summed E-state index contributed by atoms with van der Waals surface area (Å²) in [6.07, 6.45) is 6.67. The van der Waals surface area contributed by atoms with Crippen LogP contribution < -0.4 is 5.32 Å². The van der Waals surface area contributed by atoms with Gasteiger partial charge in [-0.3, -0.25) is 0 Å². The number of nitrogens with one attached hydrogen (secondary N) is 1. The van der Waals surface area contributed by atoms with E-state index in [1.54, 1.807) is 6.92 Å². The summed E-state index contributed by atoms with van der Waals surface area (Å²) in [4.78, 5) is 0. The van der Waals surface area contributed by atoms with E-state index in [9.17, 15) is 8.42 Å². The van der Waals surface area contributed by atoms with Gasteiger partial charge in [0.05, 0.1) is 5.75 Å². The van der Waals surface area contributed by atoms with E-state index < -0.39 is 9.84 Å². The Kier molecular flexibility index (Phi) is 5.76. The molecular formula is C12H25NO2S. The fourth-order valence-electron chi connectivity index (χ4n) is 2.32. The van der Waals surface area contributed by atoms with E-state index in [2.05, 4.69) is 5.32 Å². The Labute approximate surface area is 99.9 Å². The molecule has 3 nitrogen and oxygen atoms in total. The minimum absolute atomic E-state index is 0.0897. The van der Waals surface area contributed by atoms with Gasteiger partial charge in [-0.15, -0.1) is 0 Å². The Morgan fingerprint density at radius 2 is 1.88 bits per heavy atom. The smallest absolute Gasteiger partial charge is 0.151 e. The normalized spacial score (nSPS) is 20.9. The summed E-state index contributed by atoms with van der Waals surface area (Å²) in [5.41, 5.74) is 0. The predicted octanol–water partition coefficient (Wildman–Crippen LogP) is 1.98. The first-order valence-corrected chi connectivity index (χ1v) is 8.29. The highest BCUT2D eigenvalue weighted by Gasteiger charge is 2.16. The zero-order valence-electron chi connectivity index (χ0n) is 10.5. The largest absolute Gasteiger partial charge is 0.313 e. The number of sulfone groups is 1. The summed E-state index contributed by atoms with van der Waals surface area (Å²) in [5.74, 6) is 1.29. The third-order valence-electron chi connectivity index (χ3n) is 3.42. The number of rotatable bonds is 6. The van der Waals surface area contributed by atoms with Gasteiger partial charge in [0.25, 0.3) is 0 Å². The Morgan fingerprint density at radius 3 is 2.44 bits per heavy atom. The molecule has 0 unspecified atom stereocenters. The molecular weight excluding hydrogens is 222 g/mol. The molecule has 0 amide bonds. The van der Waals surface area contributed by atoms with Crippen LogP contribution in [0.5, 0.6) is 0 Å². The highest BCUT2D eigenvalue weighted by atomic mass is 32.2. The van der Waals surface area contributed by atoms with Crippen LogP contribution in [0, 0.1) is 5.92 Å². The molecule has 1 N–H and O–H groups in total. The maximum Gasteiger partial charge on any atom is 0.151 e. The fraction of sp³-hybridized carbons (Fsp3) is 1.00. The Bertz CT molecular complexity index is 281. The van der Waals surface area contributed by atoms with Gasteiger partial charge in [-0.25, -0.2) is 8.42 Å².